The number of sulfonamides is 1. The third kappa shape index (κ3) is 7.21. The highest BCUT2D eigenvalue weighted by Crippen LogP contribution is 2.21. The Balaban J connectivity index is 0.00000338. The zero-order valence-electron chi connectivity index (χ0n) is 16.0. The SMILES string of the molecule is CNCC(C)C(=O)Nc1cccc(S(=O)(=O)N2CCCN(C)CC2)c1.Cl.Cl. The van der Waals surface area contributed by atoms with Crippen LogP contribution in [0.1, 0.15) is 13.3 Å². The molecule has 1 heterocycles. The second kappa shape index (κ2) is 11.8. The van der Waals surface area contributed by atoms with Crippen molar-refractivity contribution in [3.05, 3.63) is 24.3 Å². The molecule has 0 spiro atoms. The molecule has 0 saturated carbocycles. The van der Waals surface area contributed by atoms with E-state index < -0.39 is 10.0 Å². The number of amides is 1. The lowest BCUT2D eigenvalue weighted by atomic mass is 10.1. The van der Waals surface area contributed by atoms with E-state index in [1.54, 1.807) is 25.2 Å². The molecular weight excluding hydrogens is 411 g/mol. The van der Waals surface area contributed by atoms with Crippen molar-refractivity contribution in [3.8, 4) is 0 Å². The first kappa shape index (κ1) is 26.1. The van der Waals surface area contributed by atoms with Gasteiger partial charge in [-0.05, 0) is 45.3 Å². The van der Waals surface area contributed by atoms with Gasteiger partial charge in [-0.25, -0.2) is 8.42 Å². The first-order chi connectivity index (χ1) is 11.8. The predicted molar refractivity (Wildman–Crippen MR) is 114 cm³/mol. The standard InChI is InChI=1S/C17H28N4O3S.2ClH/c1-14(13-18-2)17(22)19-15-6-4-7-16(12-15)25(23,24)21-9-5-8-20(3)10-11-21;;/h4,6-7,12,14,18H,5,8-11,13H2,1-3H3,(H,19,22);2*1H. The quantitative estimate of drug-likeness (QED) is 0.702. The molecule has 10 heteroatoms. The molecule has 1 aromatic rings. The Morgan fingerprint density at radius 2 is 1.89 bits per heavy atom. The van der Waals surface area contributed by atoms with E-state index in [1.807, 2.05) is 14.0 Å². The summed E-state index contributed by atoms with van der Waals surface area (Å²) in [6.45, 7) is 4.99. The van der Waals surface area contributed by atoms with Crippen LogP contribution in [0.3, 0.4) is 0 Å². The molecule has 2 N–H and O–H groups in total. The Labute approximate surface area is 174 Å². The summed E-state index contributed by atoms with van der Waals surface area (Å²) in [5.74, 6) is -0.341. The summed E-state index contributed by atoms with van der Waals surface area (Å²) in [4.78, 5) is 14.5. The van der Waals surface area contributed by atoms with Crippen LogP contribution in [0, 0.1) is 5.92 Å². The van der Waals surface area contributed by atoms with Gasteiger partial charge in [-0.1, -0.05) is 13.0 Å². The number of hydrogen-bond acceptors (Lipinski definition) is 5. The van der Waals surface area contributed by atoms with Crippen LogP contribution in [-0.2, 0) is 14.8 Å². The van der Waals surface area contributed by atoms with Crippen LogP contribution < -0.4 is 10.6 Å². The minimum absolute atomic E-state index is 0. The Bertz CT molecular complexity index is 703. The van der Waals surface area contributed by atoms with E-state index in [9.17, 15) is 13.2 Å². The number of benzene rings is 1. The lowest BCUT2D eigenvalue weighted by Crippen LogP contribution is -2.34. The summed E-state index contributed by atoms with van der Waals surface area (Å²) >= 11 is 0. The molecule has 1 aliphatic rings. The summed E-state index contributed by atoms with van der Waals surface area (Å²) < 4.78 is 27.3. The number of nitrogens with zero attached hydrogens (tertiary/aromatic N) is 2. The molecule has 1 amide bonds. The Kier molecular flexibility index (Phi) is 11.4. The number of likely N-dealkylation sites (N-methyl/N-ethyl adjacent to an activating group) is 1. The lowest BCUT2D eigenvalue weighted by molar-refractivity contribution is -0.119. The van der Waals surface area contributed by atoms with E-state index in [-0.39, 0.29) is 41.5 Å². The predicted octanol–water partition coefficient (Wildman–Crippen LogP) is 1.65. The highest BCUT2D eigenvalue weighted by Gasteiger charge is 2.26. The van der Waals surface area contributed by atoms with Gasteiger partial charge in [-0.2, -0.15) is 4.31 Å². The van der Waals surface area contributed by atoms with Crippen LogP contribution in [-0.4, -0.2) is 70.3 Å². The molecule has 156 valence electrons. The van der Waals surface area contributed by atoms with Gasteiger partial charge in [0.1, 0.15) is 0 Å². The number of nitrogens with one attached hydrogen (secondary N) is 2. The molecule has 0 aromatic heterocycles. The maximum atomic E-state index is 12.9. The summed E-state index contributed by atoms with van der Waals surface area (Å²) in [5, 5.41) is 5.75. The van der Waals surface area contributed by atoms with Crippen molar-refractivity contribution in [1.82, 2.24) is 14.5 Å². The smallest absolute Gasteiger partial charge is 0.243 e. The Hall–Kier alpha value is -0.900. The van der Waals surface area contributed by atoms with Gasteiger partial charge in [-0.15, -0.1) is 24.8 Å². The fourth-order valence-corrected chi connectivity index (χ4v) is 4.33. The third-order valence-corrected chi connectivity index (χ3v) is 6.27. The summed E-state index contributed by atoms with van der Waals surface area (Å²) in [6.07, 6.45) is 0.813. The maximum absolute atomic E-state index is 12.9. The maximum Gasteiger partial charge on any atom is 0.243 e. The summed E-state index contributed by atoms with van der Waals surface area (Å²) in [7, 11) is 0.231. The molecule has 27 heavy (non-hydrogen) atoms. The van der Waals surface area contributed by atoms with Gasteiger partial charge in [0.05, 0.1) is 4.90 Å². The number of carbonyl (C=O) groups excluding carboxylic acids is 1. The van der Waals surface area contributed by atoms with Gasteiger partial charge in [0.25, 0.3) is 0 Å². The number of hydrogen-bond donors (Lipinski definition) is 2. The van der Waals surface area contributed by atoms with E-state index in [1.165, 1.54) is 10.4 Å². The molecule has 1 aliphatic heterocycles. The van der Waals surface area contributed by atoms with Gasteiger partial charge in [0.15, 0.2) is 0 Å². The average Bonchev–Trinajstić information content (AvgIpc) is 2.80. The van der Waals surface area contributed by atoms with Gasteiger partial charge >= 0.3 is 0 Å². The van der Waals surface area contributed by atoms with Crippen molar-refractivity contribution in [2.45, 2.75) is 18.2 Å². The molecule has 0 radical (unpaired) electrons. The molecule has 0 bridgehead atoms. The second-order valence-electron chi connectivity index (χ2n) is 6.54. The summed E-state index contributed by atoms with van der Waals surface area (Å²) in [5.41, 5.74) is 0.501. The normalized spacial score (nSPS) is 17.1. The van der Waals surface area contributed by atoms with E-state index >= 15 is 0 Å². The molecule has 0 aliphatic carbocycles. The number of rotatable bonds is 6. The monoisotopic (exact) mass is 440 g/mol. The number of halogens is 2. The fraction of sp³-hybridized carbons (Fsp3) is 0.588. The van der Waals surface area contributed by atoms with Gasteiger partial charge < -0.3 is 15.5 Å². The van der Waals surface area contributed by atoms with Gasteiger partial charge in [0.2, 0.25) is 15.9 Å². The summed E-state index contributed by atoms with van der Waals surface area (Å²) in [6, 6.07) is 6.49. The molecule has 1 unspecified atom stereocenters. The van der Waals surface area contributed by atoms with Crippen molar-refractivity contribution in [3.63, 3.8) is 0 Å². The molecule has 1 aromatic carbocycles. The largest absolute Gasteiger partial charge is 0.326 e. The van der Waals surface area contributed by atoms with Crippen LogP contribution in [0.5, 0.6) is 0 Å². The fourth-order valence-electron chi connectivity index (χ4n) is 2.81. The molecule has 1 atom stereocenters. The van der Waals surface area contributed by atoms with Gasteiger partial charge in [-0.3, -0.25) is 4.79 Å². The van der Waals surface area contributed by atoms with Crippen LogP contribution >= 0.6 is 24.8 Å². The zero-order chi connectivity index (χ0) is 18.4. The van der Waals surface area contributed by atoms with E-state index in [4.69, 9.17) is 0 Å². The molecule has 7 nitrogen and oxygen atoms in total. The molecule has 1 fully saturated rings. The lowest BCUT2D eigenvalue weighted by Gasteiger charge is -2.20. The second-order valence-corrected chi connectivity index (χ2v) is 8.47. The molecule has 1 saturated heterocycles. The first-order valence-corrected chi connectivity index (χ1v) is 10.0. The van der Waals surface area contributed by atoms with E-state index in [0.29, 0.717) is 25.3 Å². The molecular formula is C17H30Cl2N4O3S. The number of anilines is 1. The van der Waals surface area contributed by atoms with E-state index in [0.717, 1.165) is 19.5 Å². The van der Waals surface area contributed by atoms with Crippen molar-refractivity contribution in [1.29, 1.82) is 0 Å². The first-order valence-electron chi connectivity index (χ1n) is 8.59. The third-order valence-electron chi connectivity index (χ3n) is 4.38. The van der Waals surface area contributed by atoms with Crippen molar-refractivity contribution in [2.24, 2.45) is 5.92 Å². The van der Waals surface area contributed by atoms with Crippen LogP contribution in [0.2, 0.25) is 0 Å². The highest BCUT2D eigenvalue weighted by atomic mass is 35.5. The zero-order valence-corrected chi connectivity index (χ0v) is 18.4. The highest BCUT2D eigenvalue weighted by molar-refractivity contribution is 7.89. The minimum atomic E-state index is -3.55. The Morgan fingerprint density at radius 1 is 1.19 bits per heavy atom. The van der Waals surface area contributed by atoms with Crippen LogP contribution in [0.15, 0.2) is 29.2 Å². The topological polar surface area (TPSA) is 81.8 Å². The van der Waals surface area contributed by atoms with Gasteiger partial charge in [0, 0.05) is 37.8 Å². The van der Waals surface area contributed by atoms with Crippen LogP contribution in [0.4, 0.5) is 5.69 Å². The van der Waals surface area contributed by atoms with E-state index in [2.05, 4.69) is 15.5 Å². The Morgan fingerprint density at radius 3 is 2.56 bits per heavy atom. The minimum Gasteiger partial charge on any atom is -0.326 e. The van der Waals surface area contributed by atoms with Crippen molar-refractivity contribution < 1.29 is 13.2 Å². The number of carbonyl (C=O) groups is 1. The van der Waals surface area contributed by atoms with Crippen LogP contribution in [0.25, 0.3) is 0 Å². The molecule has 2 rings (SSSR count). The van der Waals surface area contributed by atoms with Crippen molar-refractivity contribution >= 4 is 46.4 Å². The average molecular weight is 441 g/mol. The van der Waals surface area contributed by atoms with Crippen molar-refractivity contribution in [2.75, 3.05) is 52.1 Å².